The van der Waals surface area contributed by atoms with Gasteiger partial charge in [-0.15, -0.1) is 0 Å². The summed E-state index contributed by atoms with van der Waals surface area (Å²) in [6, 6.07) is 1.47. The summed E-state index contributed by atoms with van der Waals surface area (Å²) < 4.78 is 0. The fourth-order valence-electron chi connectivity index (χ4n) is 1.20. The molecule has 0 saturated heterocycles. The van der Waals surface area contributed by atoms with Crippen LogP contribution in [0.4, 0.5) is 23.5 Å². The lowest BCUT2D eigenvalue weighted by Gasteiger charge is -2.10. The van der Waals surface area contributed by atoms with Gasteiger partial charge in [0.1, 0.15) is 11.6 Å². The van der Waals surface area contributed by atoms with Gasteiger partial charge < -0.3 is 22.1 Å². The van der Waals surface area contributed by atoms with E-state index in [4.69, 9.17) is 17.2 Å². The summed E-state index contributed by atoms with van der Waals surface area (Å²) in [5.41, 5.74) is 16.8. The van der Waals surface area contributed by atoms with Gasteiger partial charge in [0, 0.05) is 20.2 Å². The number of nitrogens with zero attached hydrogens (tertiary/aromatic N) is 6. The van der Waals surface area contributed by atoms with Crippen LogP contribution in [0.3, 0.4) is 0 Å². The highest BCUT2D eigenvalue weighted by Crippen LogP contribution is 2.24. The largest absolute Gasteiger partial charge is 0.383 e. The van der Waals surface area contributed by atoms with Crippen molar-refractivity contribution >= 4 is 35.3 Å². The van der Waals surface area contributed by atoms with E-state index in [0.717, 1.165) is 11.8 Å². The van der Waals surface area contributed by atoms with Crippen LogP contribution in [-0.2, 0) is 0 Å². The summed E-state index contributed by atoms with van der Waals surface area (Å²) in [6.45, 7) is 0. The topological polar surface area (TPSA) is 146 Å². The van der Waals surface area contributed by atoms with Gasteiger partial charge in [-0.1, -0.05) is 0 Å². The van der Waals surface area contributed by atoms with Crippen LogP contribution in [0.2, 0.25) is 0 Å². The minimum atomic E-state index is 0.123. The smallest absolute Gasteiger partial charge is 0.230 e. The Kier molecular flexibility index (Phi) is 3.51. The average molecular weight is 279 g/mol. The van der Waals surface area contributed by atoms with Crippen molar-refractivity contribution in [1.29, 1.82) is 0 Å². The molecule has 19 heavy (non-hydrogen) atoms. The Balaban J connectivity index is 2.32. The first-order valence-electron chi connectivity index (χ1n) is 5.21. The molecule has 0 aromatic carbocycles. The van der Waals surface area contributed by atoms with Gasteiger partial charge in [-0.3, -0.25) is 0 Å². The molecule has 0 aliphatic carbocycles. The number of hydrogen-bond acceptors (Lipinski definition) is 10. The van der Waals surface area contributed by atoms with Gasteiger partial charge in [-0.25, -0.2) is 9.97 Å². The van der Waals surface area contributed by atoms with Crippen LogP contribution in [0.25, 0.3) is 0 Å². The van der Waals surface area contributed by atoms with Crippen LogP contribution in [0.1, 0.15) is 0 Å². The highest BCUT2D eigenvalue weighted by molar-refractivity contribution is 7.99. The monoisotopic (exact) mass is 279 g/mol. The number of anilines is 4. The Morgan fingerprint density at radius 3 is 2.05 bits per heavy atom. The molecule has 0 amide bonds. The Hall–Kier alpha value is -2.36. The maximum absolute atomic E-state index is 5.62. The van der Waals surface area contributed by atoms with Gasteiger partial charge in [0.05, 0.1) is 0 Å². The van der Waals surface area contributed by atoms with E-state index < -0.39 is 0 Å². The molecule has 6 N–H and O–H groups in total. The molecule has 0 radical (unpaired) electrons. The van der Waals surface area contributed by atoms with Crippen molar-refractivity contribution in [2.24, 2.45) is 0 Å². The number of nitrogens with two attached hydrogens (primary N) is 3. The molecule has 0 bridgehead atoms. The van der Waals surface area contributed by atoms with E-state index in [2.05, 4.69) is 24.9 Å². The summed E-state index contributed by atoms with van der Waals surface area (Å²) in [5.74, 6) is 1.14. The van der Waals surface area contributed by atoms with Crippen LogP contribution < -0.4 is 22.1 Å². The molecule has 0 spiro atoms. The maximum atomic E-state index is 5.62. The van der Waals surface area contributed by atoms with Gasteiger partial charge >= 0.3 is 0 Å². The minimum absolute atomic E-state index is 0.123. The van der Waals surface area contributed by atoms with Crippen molar-refractivity contribution in [1.82, 2.24) is 24.9 Å². The zero-order valence-electron chi connectivity index (χ0n) is 10.4. The molecule has 0 aliphatic heterocycles. The summed E-state index contributed by atoms with van der Waals surface area (Å²) in [7, 11) is 3.61. The van der Waals surface area contributed by atoms with E-state index in [9.17, 15) is 0 Å². The maximum Gasteiger partial charge on any atom is 0.230 e. The van der Waals surface area contributed by atoms with Crippen molar-refractivity contribution in [3.63, 3.8) is 0 Å². The molecule has 10 heteroatoms. The molecule has 9 nitrogen and oxygen atoms in total. The van der Waals surface area contributed by atoms with Gasteiger partial charge in [0.25, 0.3) is 0 Å². The molecule has 2 heterocycles. The van der Waals surface area contributed by atoms with Crippen LogP contribution >= 0.6 is 11.8 Å². The van der Waals surface area contributed by atoms with E-state index in [1.54, 1.807) is 19.0 Å². The molecule has 0 aliphatic rings. The van der Waals surface area contributed by atoms with Crippen molar-refractivity contribution in [2.45, 2.75) is 10.3 Å². The Morgan fingerprint density at radius 2 is 1.47 bits per heavy atom. The van der Waals surface area contributed by atoms with Crippen LogP contribution in [0.15, 0.2) is 16.4 Å². The lowest BCUT2D eigenvalue weighted by atomic mass is 10.5. The van der Waals surface area contributed by atoms with Gasteiger partial charge in [0.15, 0.2) is 5.16 Å². The first-order chi connectivity index (χ1) is 8.94. The van der Waals surface area contributed by atoms with Gasteiger partial charge in [-0.2, -0.15) is 15.0 Å². The highest BCUT2D eigenvalue weighted by Gasteiger charge is 2.10. The van der Waals surface area contributed by atoms with E-state index in [0.29, 0.717) is 16.3 Å². The van der Waals surface area contributed by atoms with Crippen LogP contribution in [0, 0.1) is 0 Å². The predicted molar refractivity (Wildman–Crippen MR) is 73.5 cm³/mol. The van der Waals surface area contributed by atoms with Crippen molar-refractivity contribution in [3.05, 3.63) is 6.07 Å². The SMILES string of the molecule is CN(C)c1nc(N)nc(Sc2nc(N)cc(N)n2)n1. The highest BCUT2D eigenvalue weighted by atomic mass is 32.2. The lowest BCUT2D eigenvalue weighted by Crippen LogP contribution is -2.15. The third-order valence-electron chi connectivity index (χ3n) is 1.95. The van der Waals surface area contributed by atoms with E-state index in [-0.39, 0.29) is 17.6 Å². The molecule has 100 valence electrons. The number of hydrogen-bond donors (Lipinski definition) is 3. The normalized spacial score (nSPS) is 10.4. The van der Waals surface area contributed by atoms with Crippen molar-refractivity contribution in [2.75, 3.05) is 36.2 Å². The quantitative estimate of drug-likeness (QED) is 0.635. The molecular weight excluding hydrogens is 266 g/mol. The fraction of sp³-hybridized carbons (Fsp3) is 0.222. The fourth-order valence-corrected chi connectivity index (χ4v) is 1.93. The second-order valence-electron chi connectivity index (χ2n) is 3.77. The number of nitrogen functional groups attached to an aromatic ring is 3. The summed E-state index contributed by atoms with van der Waals surface area (Å²) in [4.78, 5) is 22.0. The first kappa shape index (κ1) is 13.1. The second kappa shape index (κ2) is 5.10. The third kappa shape index (κ3) is 3.31. The number of rotatable bonds is 3. The molecule has 2 aromatic heterocycles. The van der Waals surface area contributed by atoms with Crippen molar-refractivity contribution in [3.8, 4) is 0 Å². The second-order valence-corrected chi connectivity index (χ2v) is 4.71. The summed E-state index contributed by atoms with van der Waals surface area (Å²) in [5, 5.41) is 0.731. The Morgan fingerprint density at radius 1 is 0.895 bits per heavy atom. The van der Waals surface area contributed by atoms with Crippen LogP contribution in [0.5, 0.6) is 0 Å². The molecule has 2 aromatic rings. The molecule has 0 saturated carbocycles. The van der Waals surface area contributed by atoms with Gasteiger partial charge in [-0.05, 0) is 11.8 Å². The standard InChI is InChI=1S/C9H13N9S/c1-18(2)7-15-6(12)16-9(17-7)19-8-13-4(10)3-5(11)14-8/h3H,1-2H3,(H4,10,11,13,14)(H2,12,15,16,17). The molecular formula is C9H13N9S. The van der Waals surface area contributed by atoms with Crippen LogP contribution in [-0.4, -0.2) is 39.0 Å². The molecule has 0 atom stereocenters. The third-order valence-corrected chi connectivity index (χ3v) is 2.68. The predicted octanol–water partition coefficient (Wildman–Crippen LogP) is -0.375. The Labute approximate surface area is 113 Å². The van der Waals surface area contributed by atoms with E-state index >= 15 is 0 Å². The zero-order valence-corrected chi connectivity index (χ0v) is 11.2. The molecule has 0 fully saturated rings. The minimum Gasteiger partial charge on any atom is -0.383 e. The first-order valence-corrected chi connectivity index (χ1v) is 6.02. The number of aromatic nitrogens is 5. The Bertz CT molecular complexity index is 580. The van der Waals surface area contributed by atoms with Crippen molar-refractivity contribution < 1.29 is 0 Å². The van der Waals surface area contributed by atoms with E-state index in [1.807, 2.05) is 0 Å². The molecule has 0 unspecified atom stereocenters. The zero-order chi connectivity index (χ0) is 14.0. The van der Waals surface area contributed by atoms with E-state index in [1.165, 1.54) is 6.07 Å². The molecule has 2 rings (SSSR count). The summed E-state index contributed by atoms with van der Waals surface area (Å²) >= 11 is 1.11. The van der Waals surface area contributed by atoms with Gasteiger partial charge in [0.2, 0.25) is 17.1 Å². The average Bonchev–Trinajstić information content (AvgIpc) is 2.26. The summed E-state index contributed by atoms with van der Waals surface area (Å²) in [6.07, 6.45) is 0. The lowest BCUT2D eigenvalue weighted by molar-refractivity contribution is 0.868.